The predicted molar refractivity (Wildman–Crippen MR) is 79.2 cm³/mol. The molecule has 1 aromatic carbocycles. The monoisotopic (exact) mass is 309 g/mol. The Bertz CT molecular complexity index is 598. The first-order valence-corrected chi connectivity index (χ1v) is 5.86. The molecular formula is C13H12ClN3O4. The Kier molecular flexibility index (Phi) is 8.75. The Morgan fingerprint density at radius 3 is 2.24 bits per heavy atom. The fraction of sp³-hybridized carbons (Fsp3) is 0.0769. The van der Waals surface area contributed by atoms with Crippen molar-refractivity contribution in [3.63, 3.8) is 0 Å². The number of aliphatic carboxylic acids is 2. The molecule has 0 saturated carbocycles. The third-order valence-electron chi connectivity index (χ3n) is 1.79. The molecule has 0 heterocycles. The van der Waals surface area contributed by atoms with Crippen molar-refractivity contribution < 1.29 is 19.8 Å². The van der Waals surface area contributed by atoms with Gasteiger partial charge >= 0.3 is 5.97 Å². The van der Waals surface area contributed by atoms with Crippen LogP contribution in [-0.4, -0.2) is 22.2 Å². The molecule has 7 nitrogen and oxygen atoms in total. The van der Waals surface area contributed by atoms with E-state index in [1.165, 1.54) is 12.2 Å². The molecule has 110 valence electrons. The lowest BCUT2D eigenvalue weighted by molar-refractivity contribution is -0.134. The Morgan fingerprint density at radius 2 is 1.81 bits per heavy atom. The second kappa shape index (κ2) is 10.1. The predicted octanol–water partition coefficient (Wildman–Crippen LogP) is 3.94. The normalized spacial score (nSPS) is 10.3. The first-order valence-electron chi connectivity index (χ1n) is 5.48. The fourth-order valence-electron chi connectivity index (χ4n) is 1.02. The van der Waals surface area contributed by atoms with Crippen molar-refractivity contribution >= 4 is 35.3 Å². The quantitative estimate of drug-likeness (QED) is 0.287. The van der Waals surface area contributed by atoms with Gasteiger partial charge in [-0.05, 0) is 17.2 Å². The molecule has 0 bridgehead atoms. The first kappa shape index (κ1) is 18.2. The number of rotatable bonds is 4. The first-order chi connectivity index (χ1) is 9.86. The average molecular weight is 310 g/mol. The summed E-state index contributed by atoms with van der Waals surface area (Å²) >= 11 is 5.40. The highest BCUT2D eigenvalue weighted by Crippen LogP contribution is 2.14. The van der Waals surface area contributed by atoms with E-state index < -0.39 is 11.9 Å². The second-order valence-corrected chi connectivity index (χ2v) is 3.89. The van der Waals surface area contributed by atoms with Crippen LogP contribution < -0.4 is 0 Å². The molecule has 1 rings (SSSR count). The molecule has 0 atom stereocenters. The number of hydrogen-bond acceptors (Lipinski definition) is 3. The molecule has 0 aliphatic carbocycles. The molecule has 8 heteroatoms. The van der Waals surface area contributed by atoms with Crippen molar-refractivity contribution in [3.8, 4) is 0 Å². The summed E-state index contributed by atoms with van der Waals surface area (Å²) in [6.07, 6.45) is 4.50. The number of hydrogen-bond donors (Lipinski definition) is 2. The summed E-state index contributed by atoms with van der Waals surface area (Å²) in [4.78, 5) is 22.0. The number of benzene rings is 1. The molecule has 0 fully saturated rings. The molecule has 0 radical (unpaired) electrons. The number of nitrogens with zero attached hydrogens (tertiary/aromatic N) is 3. The maximum absolute atomic E-state index is 10.4. The van der Waals surface area contributed by atoms with Crippen molar-refractivity contribution in [3.05, 3.63) is 57.5 Å². The maximum atomic E-state index is 10.4. The van der Waals surface area contributed by atoms with Gasteiger partial charge in [-0.3, -0.25) is 4.79 Å². The van der Waals surface area contributed by atoms with Gasteiger partial charge in [0.25, 0.3) is 5.97 Å². The molecule has 0 aromatic heterocycles. The maximum Gasteiger partial charge on any atom is 0.347 e. The van der Waals surface area contributed by atoms with Gasteiger partial charge in [-0.1, -0.05) is 53.1 Å². The van der Waals surface area contributed by atoms with Crippen molar-refractivity contribution in [1.29, 1.82) is 0 Å². The van der Waals surface area contributed by atoms with Crippen LogP contribution in [0.3, 0.4) is 0 Å². The third-order valence-corrected chi connectivity index (χ3v) is 2.08. The van der Waals surface area contributed by atoms with Gasteiger partial charge in [0.2, 0.25) is 0 Å². The van der Waals surface area contributed by atoms with E-state index in [9.17, 15) is 4.79 Å². The smallest absolute Gasteiger partial charge is 0.347 e. The highest BCUT2D eigenvalue weighted by molar-refractivity contribution is 6.41. The van der Waals surface area contributed by atoms with E-state index in [1.54, 1.807) is 30.3 Å². The van der Waals surface area contributed by atoms with E-state index in [2.05, 4.69) is 10.0 Å². The van der Waals surface area contributed by atoms with E-state index in [1.807, 2.05) is 0 Å². The van der Waals surface area contributed by atoms with Gasteiger partial charge in [0, 0.05) is 17.5 Å². The van der Waals surface area contributed by atoms with Crippen LogP contribution in [0.4, 0.5) is 5.69 Å². The zero-order valence-electron chi connectivity index (χ0n) is 11.0. The van der Waals surface area contributed by atoms with Crippen LogP contribution in [0.2, 0.25) is 0 Å². The minimum atomic E-state index is -1.17. The zero-order valence-corrected chi connectivity index (χ0v) is 11.7. The van der Waals surface area contributed by atoms with Gasteiger partial charge < -0.3 is 10.2 Å². The zero-order chi connectivity index (χ0) is 16.3. The van der Waals surface area contributed by atoms with Crippen LogP contribution in [0.5, 0.6) is 0 Å². The van der Waals surface area contributed by atoms with Crippen LogP contribution >= 0.6 is 11.6 Å². The lowest BCUT2D eigenvalue weighted by Crippen LogP contribution is -1.92. The number of allylic oxidation sites excluding steroid dienone is 2. The third kappa shape index (κ3) is 9.77. The van der Waals surface area contributed by atoms with Gasteiger partial charge in [-0.15, -0.1) is 0 Å². The molecule has 0 unspecified atom stereocenters. The molecule has 0 aliphatic heterocycles. The van der Waals surface area contributed by atoms with Crippen molar-refractivity contribution in [1.82, 2.24) is 0 Å². The number of carbonyl (C=O) groups is 2. The summed E-state index contributed by atoms with van der Waals surface area (Å²) in [7, 11) is 0. The van der Waals surface area contributed by atoms with Crippen LogP contribution in [0.25, 0.3) is 16.5 Å². The number of carboxylic acid groups (broad SMARTS) is 2. The van der Waals surface area contributed by atoms with Gasteiger partial charge in [-0.25, -0.2) is 4.79 Å². The number of halogens is 1. The Balaban J connectivity index is 0.000000885. The molecule has 1 aromatic rings. The van der Waals surface area contributed by atoms with Crippen molar-refractivity contribution in [2.75, 3.05) is 0 Å². The summed E-state index contributed by atoms with van der Waals surface area (Å²) < 4.78 is 0. The minimum absolute atomic E-state index is 0.257. The summed E-state index contributed by atoms with van der Waals surface area (Å²) in [6.45, 7) is 1.08. The Labute approximate surface area is 125 Å². The van der Waals surface area contributed by atoms with Gasteiger partial charge in [0.1, 0.15) is 5.03 Å². The molecule has 0 saturated heterocycles. The molecular weight excluding hydrogens is 298 g/mol. The van der Waals surface area contributed by atoms with Crippen LogP contribution in [0.15, 0.2) is 46.6 Å². The number of carboxylic acids is 2. The fourth-order valence-corrected chi connectivity index (χ4v) is 1.09. The van der Waals surface area contributed by atoms with E-state index in [-0.39, 0.29) is 5.03 Å². The highest BCUT2D eigenvalue weighted by Gasteiger charge is 1.98. The molecule has 0 amide bonds. The highest BCUT2D eigenvalue weighted by atomic mass is 35.5. The van der Waals surface area contributed by atoms with E-state index in [0.29, 0.717) is 5.69 Å². The summed E-state index contributed by atoms with van der Waals surface area (Å²) in [6, 6.07) is 6.79. The standard InChI is InChI=1S/C11H8ClN3O2.C2H4O2/c12-10(11(16)17)3-1-2-8-4-6-9(7-5-8)14-15-13;1-2(3)4/h1-7H,(H,16,17);1H3,(H,3,4). The van der Waals surface area contributed by atoms with Gasteiger partial charge in [0.15, 0.2) is 0 Å². The molecule has 2 N–H and O–H groups in total. The number of azide groups is 1. The van der Waals surface area contributed by atoms with Crippen LogP contribution in [0, 0.1) is 0 Å². The second-order valence-electron chi connectivity index (χ2n) is 3.48. The van der Waals surface area contributed by atoms with Crippen LogP contribution in [-0.2, 0) is 9.59 Å². The largest absolute Gasteiger partial charge is 0.481 e. The van der Waals surface area contributed by atoms with Crippen molar-refractivity contribution in [2.24, 2.45) is 5.11 Å². The summed E-state index contributed by atoms with van der Waals surface area (Å²) in [5.74, 6) is -2.00. The summed E-state index contributed by atoms with van der Waals surface area (Å²) in [5, 5.41) is 19.1. The Hall–Kier alpha value is -2.76. The molecule has 0 spiro atoms. The molecule has 0 aliphatic rings. The SMILES string of the molecule is CC(=O)O.[N-]=[N+]=Nc1ccc(C=CC=C(Cl)C(=O)O)cc1. The summed E-state index contributed by atoms with van der Waals surface area (Å²) in [5.41, 5.74) is 9.57. The lowest BCUT2D eigenvalue weighted by atomic mass is 10.2. The lowest BCUT2D eigenvalue weighted by Gasteiger charge is -1.93. The molecule has 21 heavy (non-hydrogen) atoms. The van der Waals surface area contributed by atoms with E-state index in [0.717, 1.165) is 12.5 Å². The van der Waals surface area contributed by atoms with Crippen LogP contribution in [0.1, 0.15) is 12.5 Å². The van der Waals surface area contributed by atoms with Gasteiger partial charge in [0.05, 0.1) is 0 Å². The van der Waals surface area contributed by atoms with Gasteiger partial charge in [-0.2, -0.15) is 0 Å². The van der Waals surface area contributed by atoms with E-state index >= 15 is 0 Å². The van der Waals surface area contributed by atoms with Crippen molar-refractivity contribution in [2.45, 2.75) is 6.92 Å². The van der Waals surface area contributed by atoms with E-state index in [4.69, 9.17) is 32.1 Å². The average Bonchev–Trinajstić information content (AvgIpc) is 2.40. The topological polar surface area (TPSA) is 123 Å². The Morgan fingerprint density at radius 1 is 1.29 bits per heavy atom. The minimum Gasteiger partial charge on any atom is -0.481 e.